The van der Waals surface area contributed by atoms with E-state index in [0.29, 0.717) is 17.5 Å². The summed E-state index contributed by atoms with van der Waals surface area (Å²) in [4.78, 5) is 24.6. The fourth-order valence-electron chi connectivity index (χ4n) is 3.27. The van der Waals surface area contributed by atoms with Crippen LogP contribution in [0.2, 0.25) is 0 Å². The number of nitrogens with zero attached hydrogens (tertiary/aromatic N) is 3. The molecule has 0 bridgehead atoms. The third-order valence-corrected chi connectivity index (χ3v) is 6.78. The SMILES string of the molecule is Cc1cc(Nc2nc(Sc3ccc(NC(=O)CC4CC4)cc3)nc3sc(C)cc23)n[nH]1. The molecule has 0 spiro atoms. The molecule has 31 heavy (non-hydrogen) atoms. The van der Waals surface area contributed by atoms with Gasteiger partial charge >= 0.3 is 0 Å². The Hall–Kier alpha value is -2.91. The summed E-state index contributed by atoms with van der Waals surface area (Å²) in [5, 5.41) is 15.1. The van der Waals surface area contributed by atoms with Crippen LogP contribution in [0.1, 0.15) is 29.8 Å². The maximum absolute atomic E-state index is 12.0. The van der Waals surface area contributed by atoms with E-state index < -0.39 is 0 Å². The summed E-state index contributed by atoms with van der Waals surface area (Å²) in [5.41, 5.74) is 1.80. The molecule has 1 amide bonds. The summed E-state index contributed by atoms with van der Waals surface area (Å²) in [5.74, 6) is 2.14. The van der Waals surface area contributed by atoms with Gasteiger partial charge in [-0.05, 0) is 74.7 Å². The van der Waals surface area contributed by atoms with Crippen LogP contribution in [-0.2, 0) is 4.79 Å². The number of carbonyl (C=O) groups is 1. The molecule has 9 heteroatoms. The molecule has 158 valence electrons. The van der Waals surface area contributed by atoms with E-state index in [2.05, 4.69) is 33.8 Å². The molecule has 3 aromatic heterocycles. The van der Waals surface area contributed by atoms with E-state index in [-0.39, 0.29) is 5.91 Å². The van der Waals surface area contributed by atoms with Crippen molar-refractivity contribution < 1.29 is 4.79 Å². The van der Waals surface area contributed by atoms with Gasteiger partial charge < -0.3 is 10.6 Å². The van der Waals surface area contributed by atoms with Crippen LogP contribution >= 0.6 is 23.1 Å². The average molecular weight is 451 g/mol. The van der Waals surface area contributed by atoms with Crippen LogP contribution in [0.5, 0.6) is 0 Å². The van der Waals surface area contributed by atoms with Crippen LogP contribution in [0.15, 0.2) is 46.5 Å². The number of thiophene rings is 1. The molecule has 0 radical (unpaired) electrons. The number of nitrogens with one attached hydrogen (secondary N) is 3. The van der Waals surface area contributed by atoms with Crippen LogP contribution in [-0.4, -0.2) is 26.1 Å². The van der Waals surface area contributed by atoms with Gasteiger partial charge in [-0.2, -0.15) is 5.10 Å². The smallest absolute Gasteiger partial charge is 0.224 e. The molecule has 3 N–H and O–H groups in total. The molecule has 1 saturated carbocycles. The molecule has 0 unspecified atom stereocenters. The van der Waals surface area contributed by atoms with Gasteiger partial charge in [-0.3, -0.25) is 9.89 Å². The Morgan fingerprint density at radius 2 is 2.00 bits per heavy atom. The van der Waals surface area contributed by atoms with Crippen molar-refractivity contribution in [3.63, 3.8) is 0 Å². The molecule has 1 aliphatic carbocycles. The topological polar surface area (TPSA) is 95.6 Å². The second kappa shape index (κ2) is 8.32. The first-order valence-electron chi connectivity index (χ1n) is 10.2. The second-order valence-electron chi connectivity index (χ2n) is 7.81. The van der Waals surface area contributed by atoms with E-state index in [4.69, 9.17) is 9.97 Å². The lowest BCUT2D eigenvalue weighted by Gasteiger charge is -2.08. The Balaban J connectivity index is 1.35. The van der Waals surface area contributed by atoms with E-state index in [1.54, 1.807) is 11.3 Å². The lowest BCUT2D eigenvalue weighted by molar-refractivity contribution is -0.116. The number of aryl methyl sites for hydroxylation is 2. The van der Waals surface area contributed by atoms with Crippen molar-refractivity contribution in [2.75, 3.05) is 10.6 Å². The summed E-state index contributed by atoms with van der Waals surface area (Å²) < 4.78 is 0. The number of amides is 1. The van der Waals surface area contributed by atoms with E-state index in [1.807, 2.05) is 37.3 Å². The Bertz CT molecular complexity index is 1240. The van der Waals surface area contributed by atoms with Crippen molar-refractivity contribution in [2.24, 2.45) is 5.92 Å². The Morgan fingerprint density at radius 3 is 2.71 bits per heavy atom. The van der Waals surface area contributed by atoms with Gasteiger partial charge in [0.15, 0.2) is 11.0 Å². The lowest BCUT2D eigenvalue weighted by atomic mass is 10.2. The lowest BCUT2D eigenvalue weighted by Crippen LogP contribution is -2.11. The van der Waals surface area contributed by atoms with Crippen molar-refractivity contribution in [1.82, 2.24) is 20.2 Å². The van der Waals surface area contributed by atoms with E-state index in [9.17, 15) is 4.79 Å². The number of benzene rings is 1. The minimum atomic E-state index is 0.0917. The number of anilines is 3. The highest BCUT2D eigenvalue weighted by Gasteiger charge is 2.24. The number of rotatable bonds is 7. The molecular formula is C22H22N6OS2. The summed E-state index contributed by atoms with van der Waals surface area (Å²) in [6.45, 7) is 4.03. The normalized spacial score (nSPS) is 13.5. The zero-order chi connectivity index (χ0) is 21.4. The molecular weight excluding hydrogens is 428 g/mol. The van der Waals surface area contributed by atoms with Gasteiger partial charge in [0.05, 0.1) is 5.39 Å². The molecule has 5 rings (SSSR count). The van der Waals surface area contributed by atoms with Crippen molar-refractivity contribution in [3.05, 3.63) is 47.0 Å². The fourth-order valence-corrected chi connectivity index (χ4v) is 4.97. The van der Waals surface area contributed by atoms with Crippen LogP contribution in [0.3, 0.4) is 0 Å². The number of H-pyrrole nitrogens is 1. The maximum Gasteiger partial charge on any atom is 0.224 e. The predicted molar refractivity (Wildman–Crippen MR) is 125 cm³/mol. The van der Waals surface area contributed by atoms with Crippen LogP contribution in [0.4, 0.5) is 17.3 Å². The van der Waals surface area contributed by atoms with E-state index in [1.165, 1.54) is 29.5 Å². The van der Waals surface area contributed by atoms with Gasteiger partial charge in [0.25, 0.3) is 0 Å². The molecule has 1 fully saturated rings. The molecule has 1 aromatic carbocycles. The van der Waals surface area contributed by atoms with Gasteiger partial charge in [-0.25, -0.2) is 9.97 Å². The predicted octanol–water partition coefficient (Wildman–Crippen LogP) is 5.66. The van der Waals surface area contributed by atoms with Gasteiger partial charge in [-0.15, -0.1) is 11.3 Å². The number of fused-ring (bicyclic) bond motifs is 1. The zero-order valence-electron chi connectivity index (χ0n) is 17.2. The first-order chi connectivity index (χ1) is 15.0. The van der Waals surface area contributed by atoms with Crippen molar-refractivity contribution in [1.29, 1.82) is 0 Å². The van der Waals surface area contributed by atoms with Crippen molar-refractivity contribution in [2.45, 2.75) is 43.2 Å². The number of hydrogen-bond acceptors (Lipinski definition) is 7. The minimum Gasteiger partial charge on any atom is -0.326 e. The Morgan fingerprint density at radius 1 is 1.19 bits per heavy atom. The molecule has 7 nitrogen and oxygen atoms in total. The van der Waals surface area contributed by atoms with Crippen molar-refractivity contribution in [3.8, 4) is 0 Å². The van der Waals surface area contributed by atoms with E-state index >= 15 is 0 Å². The largest absolute Gasteiger partial charge is 0.326 e. The third kappa shape index (κ3) is 4.88. The maximum atomic E-state index is 12.0. The van der Waals surface area contributed by atoms with Crippen LogP contribution in [0.25, 0.3) is 10.2 Å². The number of aromatic nitrogens is 4. The Labute approximate surface area is 188 Å². The molecule has 1 aliphatic rings. The zero-order valence-corrected chi connectivity index (χ0v) is 18.9. The molecule has 3 heterocycles. The summed E-state index contributed by atoms with van der Waals surface area (Å²) in [6.07, 6.45) is 2.97. The molecule has 0 atom stereocenters. The molecule has 4 aromatic rings. The second-order valence-corrected chi connectivity index (χ2v) is 10.1. The fraction of sp³-hybridized carbons (Fsp3) is 0.273. The monoisotopic (exact) mass is 450 g/mol. The van der Waals surface area contributed by atoms with Gasteiger partial charge in [0, 0.05) is 33.6 Å². The number of carbonyl (C=O) groups excluding carboxylic acids is 1. The average Bonchev–Trinajstić information content (AvgIpc) is 3.31. The first-order valence-corrected chi connectivity index (χ1v) is 11.8. The minimum absolute atomic E-state index is 0.0917. The Kier molecular flexibility index (Phi) is 5.37. The van der Waals surface area contributed by atoms with Gasteiger partial charge in [0.2, 0.25) is 5.91 Å². The highest BCUT2D eigenvalue weighted by Crippen LogP contribution is 2.35. The quantitative estimate of drug-likeness (QED) is 0.314. The van der Waals surface area contributed by atoms with Crippen molar-refractivity contribution >= 4 is 56.5 Å². The highest BCUT2D eigenvalue weighted by molar-refractivity contribution is 7.99. The first kappa shape index (κ1) is 20.0. The molecule has 0 aliphatic heterocycles. The number of aromatic amines is 1. The summed E-state index contributed by atoms with van der Waals surface area (Å²) in [6, 6.07) is 11.8. The third-order valence-electron chi connectivity index (χ3n) is 4.97. The van der Waals surface area contributed by atoms with Crippen LogP contribution < -0.4 is 10.6 Å². The summed E-state index contributed by atoms with van der Waals surface area (Å²) >= 11 is 3.14. The molecule has 0 saturated heterocycles. The standard InChI is InChI=1S/C22H22N6OS2/c1-12-9-18(28-27-12)24-20-17-10-13(2)30-21(17)26-22(25-20)31-16-7-5-15(6-8-16)23-19(29)11-14-3-4-14/h5-10,14H,3-4,11H2,1-2H3,(H,23,29)(H2,24,25,26,27,28). The number of hydrogen-bond donors (Lipinski definition) is 3. The van der Waals surface area contributed by atoms with Gasteiger partial charge in [-0.1, -0.05) is 0 Å². The van der Waals surface area contributed by atoms with E-state index in [0.717, 1.165) is 38.1 Å². The summed E-state index contributed by atoms with van der Waals surface area (Å²) in [7, 11) is 0. The van der Waals surface area contributed by atoms with Gasteiger partial charge in [0.1, 0.15) is 10.6 Å². The van der Waals surface area contributed by atoms with Crippen LogP contribution in [0, 0.1) is 19.8 Å². The highest BCUT2D eigenvalue weighted by atomic mass is 32.2.